The third-order valence-electron chi connectivity index (χ3n) is 8.77. The summed E-state index contributed by atoms with van der Waals surface area (Å²) in [5.41, 5.74) is 7.92. The van der Waals surface area contributed by atoms with Crippen molar-refractivity contribution in [2.45, 2.75) is 6.92 Å². The van der Waals surface area contributed by atoms with Crippen LogP contribution in [-0.2, 0) is 0 Å². The molecule has 3 nitrogen and oxygen atoms in total. The first-order valence-electron chi connectivity index (χ1n) is 16.7. The topological polar surface area (TPSA) is 56.1 Å². The molecule has 0 atom stereocenters. The molecule has 0 spiro atoms. The Kier molecular flexibility index (Phi) is 10.5. The molecular formula is C47H40N2O. The first kappa shape index (κ1) is 33.5. The molecule has 0 heterocycles. The number of para-hydroxylation sites is 2. The number of aromatic hydroxyl groups is 1. The predicted octanol–water partition coefficient (Wildman–Crippen LogP) is 12.5. The monoisotopic (exact) mass is 648 g/mol. The zero-order valence-electron chi connectivity index (χ0n) is 28.4. The fraction of sp³-hybridized carbons (Fsp3) is 0.0426. The van der Waals surface area contributed by atoms with Crippen LogP contribution < -0.4 is 5.32 Å². The molecule has 0 unspecified atom stereocenters. The first-order valence-corrected chi connectivity index (χ1v) is 16.7. The third-order valence-corrected chi connectivity index (χ3v) is 8.77. The van der Waals surface area contributed by atoms with Crippen LogP contribution in [0.1, 0.15) is 11.1 Å². The number of fused-ring (bicyclic) bond motifs is 6. The van der Waals surface area contributed by atoms with Crippen LogP contribution >= 0.6 is 0 Å². The van der Waals surface area contributed by atoms with Gasteiger partial charge in [0.25, 0.3) is 0 Å². The number of aryl methyl sites for hydroxylation is 1. The van der Waals surface area contributed by atoms with E-state index >= 15 is 0 Å². The van der Waals surface area contributed by atoms with Crippen LogP contribution in [0.15, 0.2) is 183 Å². The van der Waals surface area contributed by atoms with Crippen LogP contribution in [0, 0.1) is 12.3 Å². The van der Waals surface area contributed by atoms with Crippen molar-refractivity contribution in [1.29, 1.82) is 5.41 Å². The molecule has 50 heavy (non-hydrogen) atoms. The number of phenolic OH excluding ortho intramolecular Hbond substituents is 1. The molecule has 0 aliphatic rings. The zero-order chi connectivity index (χ0) is 34.9. The molecule has 0 radical (unpaired) electrons. The minimum atomic E-state index is 0.302. The highest BCUT2D eigenvalue weighted by Gasteiger charge is 2.09. The Hall–Kier alpha value is -6.45. The molecule has 3 heteroatoms. The molecule has 0 saturated carbocycles. The first-order chi connectivity index (χ1) is 24.5. The van der Waals surface area contributed by atoms with E-state index in [0.717, 1.165) is 33.5 Å². The molecule has 244 valence electrons. The third kappa shape index (κ3) is 7.33. The van der Waals surface area contributed by atoms with E-state index in [9.17, 15) is 5.11 Å². The van der Waals surface area contributed by atoms with Crippen molar-refractivity contribution in [2.75, 3.05) is 12.4 Å². The molecule has 8 aromatic rings. The van der Waals surface area contributed by atoms with Gasteiger partial charge < -0.3 is 15.8 Å². The number of phenols is 1. The fourth-order valence-corrected chi connectivity index (χ4v) is 6.28. The van der Waals surface area contributed by atoms with E-state index in [4.69, 9.17) is 5.41 Å². The van der Waals surface area contributed by atoms with Crippen molar-refractivity contribution in [3.63, 3.8) is 0 Å². The van der Waals surface area contributed by atoms with E-state index in [1.54, 1.807) is 6.07 Å². The van der Waals surface area contributed by atoms with E-state index in [2.05, 4.69) is 110 Å². The van der Waals surface area contributed by atoms with Crippen LogP contribution in [0.2, 0.25) is 0 Å². The maximum absolute atomic E-state index is 10.0. The summed E-state index contributed by atoms with van der Waals surface area (Å²) in [5.74, 6) is 0.302. The van der Waals surface area contributed by atoms with Crippen molar-refractivity contribution in [3.05, 3.63) is 194 Å². The largest absolute Gasteiger partial charge is 0.507 e. The molecular weight excluding hydrogens is 609 g/mol. The second-order valence-electron chi connectivity index (χ2n) is 12.0. The summed E-state index contributed by atoms with van der Waals surface area (Å²) in [6.45, 7) is 5.67. The van der Waals surface area contributed by atoms with Gasteiger partial charge in [0.2, 0.25) is 0 Å². The number of anilines is 1. The lowest BCUT2D eigenvalue weighted by Gasteiger charge is -2.11. The maximum Gasteiger partial charge on any atom is 0.123 e. The molecule has 0 aliphatic carbocycles. The van der Waals surface area contributed by atoms with Gasteiger partial charge in [-0.25, -0.2) is 0 Å². The Labute approximate surface area is 294 Å². The van der Waals surface area contributed by atoms with Crippen molar-refractivity contribution in [2.24, 2.45) is 0 Å². The molecule has 0 aliphatic heterocycles. The van der Waals surface area contributed by atoms with E-state index in [0.29, 0.717) is 11.5 Å². The van der Waals surface area contributed by atoms with E-state index in [1.165, 1.54) is 44.0 Å². The molecule has 0 aromatic heterocycles. The van der Waals surface area contributed by atoms with Gasteiger partial charge in [0.15, 0.2) is 0 Å². The van der Waals surface area contributed by atoms with Crippen LogP contribution in [0.3, 0.4) is 0 Å². The van der Waals surface area contributed by atoms with Gasteiger partial charge in [0.05, 0.1) is 5.71 Å². The number of allylic oxidation sites excluding steroid dienone is 1. The lowest BCUT2D eigenvalue weighted by Crippen LogP contribution is -1.91. The quantitative estimate of drug-likeness (QED) is 0.128. The Balaban J connectivity index is 0.000000138. The molecule has 0 fully saturated rings. The van der Waals surface area contributed by atoms with Gasteiger partial charge in [-0.05, 0) is 80.2 Å². The second-order valence-corrected chi connectivity index (χ2v) is 12.0. The van der Waals surface area contributed by atoms with Crippen LogP contribution in [0.4, 0.5) is 5.69 Å². The van der Waals surface area contributed by atoms with Gasteiger partial charge in [0, 0.05) is 23.9 Å². The van der Waals surface area contributed by atoms with E-state index in [-0.39, 0.29) is 0 Å². The normalized spacial score (nSPS) is 10.4. The van der Waals surface area contributed by atoms with Crippen LogP contribution in [-0.4, -0.2) is 17.9 Å². The number of nitrogens with one attached hydrogen (secondary N) is 2. The van der Waals surface area contributed by atoms with Gasteiger partial charge in [-0.2, -0.15) is 0 Å². The Morgan fingerprint density at radius 2 is 1.04 bits per heavy atom. The molecule has 3 N–H and O–H groups in total. The highest BCUT2D eigenvalue weighted by Crippen LogP contribution is 2.36. The second kappa shape index (κ2) is 15.6. The minimum absolute atomic E-state index is 0.302. The smallest absolute Gasteiger partial charge is 0.123 e. The lowest BCUT2D eigenvalue weighted by atomic mass is 9.93. The molecule has 0 saturated heterocycles. The summed E-state index contributed by atoms with van der Waals surface area (Å²) in [6, 6.07) is 57.5. The summed E-state index contributed by atoms with van der Waals surface area (Å²) in [5, 5.41) is 28.7. The summed E-state index contributed by atoms with van der Waals surface area (Å²) < 4.78 is 0. The predicted molar refractivity (Wildman–Crippen MR) is 216 cm³/mol. The number of hydrogen-bond acceptors (Lipinski definition) is 3. The van der Waals surface area contributed by atoms with E-state index < -0.39 is 0 Å². The van der Waals surface area contributed by atoms with Crippen molar-refractivity contribution >= 4 is 43.7 Å². The van der Waals surface area contributed by atoms with Gasteiger partial charge >= 0.3 is 0 Å². The molecule has 0 amide bonds. The summed E-state index contributed by atoms with van der Waals surface area (Å²) in [4.78, 5) is 0. The van der Waals surface area contributed by atoms with Gasteiger partial charge in [-0.1, -0.05) is 164 Å². The average Bonchev–Trinajstić information content (AvgIpc) is 3.18. The molecule has 8 rings (SSSR count). The van der Waals surface area contributed by atoms with Gasteiger partial charge in [0.1, 0.15) is 5.75 Å². The summed E-state index contributed by atoms with van der Waals surface area (Å²) >= 11 is 0. The fourth-order valence-electron chi connectivity index (χ4n) is 6.28. The van der Waals surface area contributed by atoms with Crippen molar-refractivity contribution in [1.82, 2.24) is 0 Å². The minimum Gasteiger partial charge on any atom is -0.507 e. The van der Waals surface area contributed by atoms with Crippen molar-refractivity contribution < 1.29 is 5.11 Å². The maximum atomic E-state index is 10.0. The van der Waals surface area contributed by atoms with Crippen LogP contribution in [0.25, 0.3) is 54.6 Å². The highest BCUT2D eigenvalue weighted by atomic mass is 16.3. The number of hydrogen-bond donors (Lipinski definition) is 3. The lowest BCUT2D eigenvalue weighted by molar-refractivity contribution is 0.477. The zero-order valence-corrected chi connectivity index (χ0v) is 28.4. The van der Waals surface area contributed by atoms with Gasteiger partial charge in [-0.15, -0.1) is 0 Å². The number of benzene rings is 8. The summed E-state index contributed by atoms with van der Waals surface area (Å²) in [7, 11) is 1.92. The molecule has 8 aromatic carbocycles. The average molecular weight is 649 g/mol. The Morgan fingerprint density at radius 3 is 1.64 bits per heavy atom. The Morgan fingerprint density at radius 1 is 0.540 bits per heavy atom. The van der Waals surface area contributed by atoms with Crippen LogP contribution in [0.5, 0.6) is 5.75 Å². The highest BCUT2D eigenvalue weighted by molar-refractivity contribution is 6.25. The van der Waals surface area contributed by atoms with Crippen molar-refractivity contribution in [3.8, 4) is 28.0 Å². The van der Waals surface area contributed by atoms with E-state index in [1.807, 2.05) is 79.8 Å². The number of rotatable bonds is 5. The van der Waals surface area contributed by atoms with Gasteiger partial charge in [-0.3, -0.25) is 0 Å². The summed E-state index contributed by atoms with van der Waals surface area (Å²) in [6.07, 6.45) is 1.54. The molecule has 0 bridgehead atoms. The SMILES string of the molecule is C=CC(=N)c1ccccc1.CNc1ccccc1-c1cccc(-c2ccccc2O)c1.Cc1ccc2c3ccccc3c3ccccc3c2c1. The standard InChI is InChI=1S/C19H17NO.C19H14.C9H9N/c1-20-18-11-4-2-9-16(18)14-7-6-8-15(13-14)17-10-3-5-12-19(17)21;1-13-10-11-18-16-8-3-2-6-14(16)15-7-4-5-9-17(15)19(18)12-13;1-2-9(10)8-6-4-3-5-7-8/h2-13,20-21H,1H3;2-12H,1H3;2-7,10H,1H2. The Bertz CT molecular complexity index is 2390.